The third kappa shape index (κ3) is 3.99. The first kappa shape index (κ1) is 19.0. The maximum atomic E-state index is 12.7. The maximum absolute atomic E-state index is 12.7. The summed E-state index contributed by atoms with van der Waals surface area (Å²) in [6.45, 7) is 2.67. The van der Waals surface area contributed by atoms with Crippen molar-refractivity contribution in [3.05, 3.63) is 63.6 Å². The van der Waals surface area contributed by atoms with Gasteiger partial charge in [0.25, 0.3) is 0 Å². The van der Waals surface area contributed by atoms with Crippen molar-refractivity contribution in [2.24, 2.45) is 0 Å². The molecule has 0 radical (unpaired) electrons. The second-order valence-corrected chi connectivity index (χ2v) is 9.52. The van der Waals surface area contributed by atoms with Gasteiger partial charge in [-0.25, -0.2) is 8.42 Å². The van der Waals surface area contributed by atoms with E-state index in [1.807, 2.05) is 0 Å². The van der Waals surface area contributed by atoms with Gasteiger partial charge in [0.2, 0.25) is 0 Å². The summed E-state index contributed by atoms with van der Waals surface area (Å²) >= 11 is 9.05. The van der Waals surface area contributed by atoms with Crippen LogP contribution in [-0.2, 0) is 26.0 Å². The highest BCUT2D eigenvalue weighted by atomic mass is 79.9. The summed E-state index contributed by atoms with van der Waals surface area (Å²) in [5.41, 5.74) is 0.726. The van der Waals surface area contributed by atoms with E-state index < -0.39 is 20.6 Å². The lowest BCUT2D eigenvalue weighted by Gasteiger charge is -2.23. The molecule has 0 aromatic heterocycles. The molecular weight excluding hydrogens is 416 g/mol. The zero-order valence-corrected chi connectivity index (χ0v) is 16.3. The summed E-state index contributed by atoms with van der Waals surface area (Å²) in [4.78, 5) is 12.4. The van der Waals surface area contributed by atoms with Crippen LogP contribution in [0.5, 0.6) is 0 Å². The van der Waals surface area contributed by atoms with Crippen LogP contribution < -0.4 is 0 Å². The first-order valence-electron chi connectivity index (χ1n) is 7.06. The Kier molecular flexibility index (Phi) is 5.73. The van der Waals surface area contributed by atoms with E-state index >= 15 is 0 Å². The number of hydrogen-bond donors (Lipinski definition) is 0. The van der Waals surface area contributed by atoms with E-state index in [-0.39, 0.29) is 11.5 Å². The van der Waals surface area contributed by atoms with E-state index in [1.54, 1.807) is 36.4 Å². The van der Waals surface area contributed by atoms with Gasteiger partial charge in [-0.2, -0.15) is 0 Å². The van der Waals surface area contributed by atoms with Gasteiger partial charge in [0.15, 0.2) is 14.6 Å². The molecule has 128 valence electrons. The molecule has 7 heteroatoms. The summed E-state index contributed by atoms with van der Waals surface area (Å²) in [5, 5.41) is 0.572. The van der Waals surface area contributed by atoms with Gasteiger partial charge in [0.1, 0.15) is 6.61 Å². The van der Waals surface area contributed by atoms with Gasteiger partial charge in [0, 0.05) is 9.50 Å². The molecule has 0 saturated heterocycles. The highest BCUT2D eigenvalue weighted by Gasteiger charge is 2.44. The molecular formula is C17H16BrClO4S. The van der Waals surface area contributed by atoms with Crippen molar-refractivity contribution in [2.75, 3.05) is 0 Å². The molecule has 0 amide bonds. The van der Waals surface area contributed by atoms with Crippen LogP contribution in [0.1, 0.15) is 19.4 Å². The minimum atomic E-state index is -3.88. The fraction of sp³-hybridized carbons (Fsp3) is 0.235. The molecule has 24 heavy (non-hydrogen) atoms. The van der Waals surface area contributed by atoms with Gasteiger partial charge >= 0.3 is 5.97 Å². The van der Waals surface area contributed by atoms with Crippen LogP contribution in [0.3, 0.4) is 0 Å². The van der Waals surface area contributed by atoms with Crippen LogP contribution in [-0.4, -0.2) is 19.1 Å². The molecule has 0 unspecified atom stereocenters. The highest BCUT2D eigenvalue weighted by molar-refractivity contribution is 9.10. The smallest absolute Gasteiger partial charge is 0.327 e. The Labute approximate surface area is 154 Å². The van der Waals surface area contributed by atoms with Crippen LogP contribution in [0, 0.1) is 0 Å². The van der Waals surface area contributed by atoms with E-state index in [9.17, 15) is 13.2 Å². The largest absolute Gasteiger partial charge is 0.460 e. The number of carbonyl (C=O) groups excluding carboxylic acids is 1. The number of rotatable bonds is 5. The fourth-order valence-corrected chi connectivity index (χ4v) is 3.67. The van der Waals surface area contributed by atoms with E-state index in [0.29, 0.717) is 5.02 Å². The molecule has 0 aliphatic carbocycles. The Morgan fingerprint density at radius 1 is 1.08 bits per heavy atom. The van der Waals surface area contributed by atoms with Crippen LogP contribution >= 0.6 is 27.5 Å². The summed E-state index contributed by atoms with van der Waals surface area (Å²) in [6.07, 6.45) is 0. The first-order valence-corrected chi connectivity index (χ1v) is 9.72. The van der Waals surface area contributed by atoms with E-state index in [4.69, 9.17) is 16.3 Å². The Morgan fingerprint density at radius 2 is 1.62 bits per heavy atom. The molecule has 0 spiro atoms. The Morgan fingerprint density at radius 3 is 2.17 bits per heavy atom. The van der Waals surface area contributed by atoms with E-state index in [0.717, 1.165) is 10.0 Å². The van der Waals surface area contributed by atoms with Crippen molar-refractivity contribution in [1.82, 2.24) is 0 Å². The Hall–Kier alpha value is -1.37. The summed E-state index contributed by atoms with van der Waals surface area (Å²) in [7, 11) is -3.88. The lowest BCUT2D eigenvalue weighted by Crippen LogP contribution is -2.41. The normalized spacial score (nSPS) is 12.0. The van der Waals surface area contributed by atoms with Crippen molar-refractivity contribution in [3.8, 4) is 0 Å². The van der Waals surface area contributed by atoms with Crippen molar-refractivity contribution in [3.63, 3.8) is 0 Å². The monoisotopic (exact) mass is 430 g/mol. The Bertz CT molecular complexity index is 828. The van der Waals surface area contributed by atoms with Crippen LogP contribution in [0.15, 0.2) is 57.9 Å². The SMILES string of the molecule is CC(C)(C(=O)OCc1ccc(Cl)cc1)S(=O)(=O)c1ccc(Br)cc1. The lowest BCUT2D eigenvalue weighted by molar-refractivity contribution is -0.147. The Balaban J connectivity index is 2.16. The molecule has 0 aliphatic rings. The predicted octanol–water partition coefficient (Wildman–Crippen LogP) is 4.40. The zero-order chi connectivity index (χ0) is 18.0. The third-order valence-corrected chi connectivity index (χ3v) is 6.75. The summed E-state index contributed by atoms with van der Waals surface area (Å²) in [5.74, 6) is -0.805. The molecule has 4 nitrogen and oxygen atoms in total. The molecule has 2 aromatic rings. The number of hydrogen-bond acceptors (Lipinski definition) is 4. The van der Waals surface area contributed by atoms with Gasteiger partial charge in [-0.1, -0.05) is 39.7 Å². The highest BCUT2D eigenvalue weighted by Crippen LogP contribution is 2.28. The minimum absolute atomic E-state index is 0.0186. The molecule has 0 atom stereocenters. The molecule has 0 saturated carbocycles. The molecule has 2 aromatic carbocycles. The molecule has 0 bridgehead atoms. The topological polar surface area (TPSA) is 60.4 Å². The average Bonchev–Trinajstić information content (AvgIpc) is 2.54. The van der Waals surface area contributed by atoms with Gasteiger partial charge in [-0.3, -0.25) is 4.79 Å². The maximum Gasteiger partial charge on any atom is 0.327 e. The number of halogens is 2. The van der Waals surface area contributed by atoms with Crippen molar-refractivity contribution in [2.45, 2.75) is 30.1 Å². The first-order chi connectivity index (χ1) is 11.1. The second-order valence-electron chi connectivity index (χ2n) is 5.67. The zero-order valence-electron chi connectivity index (χ0n) is 13.1. The van der Waals surface area contributed by atoms with E-state index in [2.05, 4.69) is 15.9 Å². The van der Waals surface area contributed by atoms with Crippen molar-refractivity contribution >= 4 is 43.3 Å². The number of sulfone groups is 1. The van der Waals surface area contributed by atoms with Gasteiger partial charge in [-0.05, 0) is 55.8 Å². The molecule has 0 aliphatic heterocycles. The molecule has 0 heterocycles. The number of benzene rings is 2. The average molecular weight is 432 g/mol. The number of esters is 1. The van der Waals surface area contributed by atoms with Crippen LogP contribution in [0.2, 0.25) is 5.02 Å². The predicted molar refractivity (Wildman–Crippen MR) is 96.7 cm³/mol. The fourth-order valence-electron chi connectivity index (χ4n) is 1.92. The van der Waals surface area contributed by atoms with Crippen LogP contribution in [0.4, 0.5) is 0 Å². The van der Waals surface area contributed by atoms with Crippen molar-refractivity contribution < 1.29 is 17.9 Å². The third-order valence-electron chi connectivity index (χ3n) is 3.57. The minimum Gasteiger partial charge on any atom is -0.460 e. The summed E-state index contributed by atoms with van der Waals surface area (Å²) in [6, 6.07) is 12.9. The molecule has 2 rings (SSSR count). The van der Waals surface area contributed by atoms with Gasteiger partial charge in [-0.15, -0.1) is 0 Å². The molecule has 0 fully saturated rings. The lowest BCUT2D eigenvalue weighted by atomic mass is 10.2. The van der Waals surface area contributed by atoms with Crippen LogP contribution in [0.25, 0.3) is 0 Å². The van der Waals surface area contributed by atoms with Crippen molar-refractivity contribution in [1.29, 1.82) is 0 Å². The quantitative estimate of drug-likeness (QED) is 0.658. The second kappa shape index (κ2) is 7.25. The standard InChI is InChI=1S/C17H16BrClO4S/c1-17(2,24(21,22)15-9-5-13(18)6-10-15)16(20)23-11-12-3-7-14(19)8-4-12/h3-10H,11H2,1-2H3. The molecule has 0 N–H and O–H groups in total. The summed E-state index contributed by atoms with van der Waals surface area (Å²) < 4.78 is 29.7. The van der Waals surface area contributed by atoms with E-state index in [1.165, 1.54) is 26.0 Å². The number of carbonyl (C=O) groups is 1. The number of ether oxygens (including phenoxy) is 1. The van der Waals surface area contributed by atoms with Gasteiger partial charge < -0.3 is 4.74 Å². The van der Waals surface area contributed by atoms with Gasteiger partial charge in [0.05, 0.1) is 4.90 Å².